The van der Waals surface area contributed by atoms with Crippen molar-refractivity contribution >= 4 is 96.8 Å². The molecule has 6 heteroatoms. The molecule has 0 saturated heterocycles. The number of thiophene rings is 1. The Hall–Kier alpha value is -7.67. The lowest BCUT2D eigenvalue weighted by Gasteiger charge is -2.16. The summed E-state index contributed by atoms with van der Waals surface area (Å²) in [5, 5.41) is 11.3. The molecule has 0 atom stereocenters. The fourth-order valence-electron chi connectivity index (χ4n) is 9.24. The van der Waals surface area contributed by atoms with Crippen molar-refractivity contribution in [2.24, 2.45) is 0 Å². The maximum Gasteiger partial charge on any atom is 0.166 e. The lowest BCUT2D eigenvalue weighted by Crippen LogP contribution is -2.04. The molecule has 0 N–H and O–H groups in total. The third kappa shape index (κ3) is 4.81. The first-order valence-corrected chi connectivity index (χ1v) is 20.6. The number of benzene rings is 9. The molecule has 13 aromatic rings. The highest BCUT2D eigenvalue weighted by Gasteiger charge is 2.25. The first-order chi connectivity index (χ1) is 29.2. The van der Waals surface area contributed by atoms with Crippen LogP contribution in [0.4, 0.5) is 0 Å². The number of hydrogen-bond donors (Lipinski definition) is 0. The Morgan fingerprint density at radius 3 is 1.90 bits per heavy atom. The second-order valence-electron chi connectivity index (χ2n) is 15.1. The summed E-state index contributed by atoms with van der Waals surface area (Å²) in [5.74, 6) is 1.81. The molecule has 0 unspecified atom stereocenters. The summed E-state index contributed by atoms with van der Waals surface area (Å²) in [6.45, 7) is 0. The molecule has 4 aromatic heterocycles. The van der Waals surface area contributed by atoms with Crippen molar-refractivity contribution in [2.45, 2.75) is 0 Å². The van der Waals surface area contributed by atoms with E-state index in [-0.39, 0.29) is 0 Å². The number of furan rings is 1. The van der Waals surface area contributed by atoms with Crippen LogP contribution in [0.25, 0.3) is 125 Å². The summed E-state index contributed by atoms with van der Waals surface area (Å²) in [7, 11) is 0. The Balaban J connectivity index is 1.20. The molecule has 13 rings (SSSR count). The first-order valence-electron chi connectivity index (χ1n) is 19.8. The molecule has 59 heavy (non-hydrogen) atoms. The zero-order valence-corrected chi connectivity index (χ0v) is 32.2. The van der Waals surface area contributed by atoms with Gasteiger partial charge in [-0.2, -0.15) is 0 Å². The van der Waals surface area contributed by atoms with E-state index in [2.05, 4.69) is 174 Å². The van der Waals surface area contributed by atoms with Crippen molar-refractivity contribution in [3.8, 4) is 39.9 Å². The number of para-hydroxylation sites is 2. The molecule has 0 saturated carbocycles. The molecule has 0 spiro atoms. The summed E-state index contributed by atoms with van der Waals surface area (Å²) < 4.78 is 11.4. The molecule has 0 amide bonds. The lowest BCUT2D eigenvalue weighted by atomic mass is 10.0. The zero-order chi connectivity index (χ0) is 38.6. The third-order valence-electron chi connectivity index (χ3n) is 11.8. The van der Waals surface area contributed by atoms with E-state index in [4.69, 9.17) is 19.4 Å². The predicted octanol–water partition coefficient (Wildman–Crippen LogP) is 14.5. The van der Waals surface area contributed by atoms with Crippen LogP contribution in [0.5, 0.6) is 0 Å². The van der Waals surface area contributed by atoms with E-state index < -0.39 is 0 Å². The molecule has 5 nitrogen and oxygen atoms in total. The smallest absolute Gasteiger partial charge is 0.166 e. The second kappa shape index (κ2) is 12.4. The summed E-state index contributed by atoms with van der Waals surface area (Å²) in [5.41, 5.74) is 7.56. The molecule has 274 valence electrons. The van der Waals surface area contributed by atoms with E-state index >= 15 is 0 Å². The van der Waals surface area contributed by atoms with Crippen LogP contribution in [0.1, 0.15) is 0 Å². The number of hydrogen-bond acceptors (Lipinski definition) is 5. The summed E-state index contributed by atoms with van der Waals surface area (Å²) in [6.07, 6.45) is 0. The summed E-state index contributed by atoms with van der Waals surface area (Å²) in [6, 6.07) is 64.3. The zero-order valence-electron chi connectivity index (χ0n) is 31.4. The minimum atomic E-state index is 0.577. The third-order valence-corrected chi connectivity index (χ3v) is 13.0. The largest absolute Gasteiger partial charge is 0.456 e. The van der Waals surface area contributed by atoms with Gasteiger partial charge in [0, 0.05) is 52.8 Å². The summed E-state index contributed by atoms with van der Waals surface area (Å²) in [4.78, 5) is 16.5. The van der Waals surface area contributed by atoms with Crippen LogP contribution >= 0.6 is 11.3 Å². The van der Waals surface area contributed by atoms with Gasteiger partial charge in [-0.25, -0.2) is 15.0 Å². The number of nitrogens with zero attached hydrogens (tertiary/aromatic N) is 4. The molecule has 0 bridgehead atoms. The molecular formula is C53H30N4OS. The molecule has 4 heterocycles. The quantitative estimate of drug-likeness (QED) is 0.179. The van der Waals surface area contributed by atoms with Crippen molar-refractivity contribution in [1.82, 2.24) is 19.5 Å². The molecule has 0 aliphatic rings. The Bertz CT molecular complexity index is 3870. The molecule has 0 aliphatic carbocycles. The summed E-state index contributed by atoms with van der Waals surface area (Å²) >= 11 is 1.79. The Morgan fingerprint density at radius 2 is 1.02 bits per heavy atom. The normalized spacial score (nSPS) is 12.1. The van der Waals surface area contributed by atoms with Gasteiger partial charge in [-0.1, -0.05) is 133 Å². The van der Waals surface area contributed by atoms with Crippen LogP contribution in [0.15, 0.2) is 186 Å². The van der Waals surface area contributed by atoms with Crippen molar-refractivity contribution in [2.75, 3.05) is 0 Å². The monoisotopic (exact) mass is 770 g/mol. The molecule has 0 fully saturated rings. The van der Waals surface area contributed by atoms with Gasteiger partial charge >= 0.3 is 0 Å². The number of rotatable bonds is 4. The first kappa shape index (κ1) is 32.4. The van der Waals surface area contributed by atoms with Gasteiger partial charge in [0.05, 0.1) is 22.3 Å². The Morgan fingerprint density at radius 1 is 0.390 bits per heavy atom. The van der Waals surface area contributed by atoms with Crippen LogP contribution in [-0.4, -0.2) is 19.5 Å². The van der Waals surface area contributed by atoms with Crippen LogP contribution in [0.2, 0.25) is 0 Å². The van der Waals surface area contributed by atoms with Crippen molar-refractivity contribution < 1.29 is 4.42 Å². The van der Waals surface area contributed by atoms with Crippen LogP contribution in [0, 0.1) is 0 Å². The van der Waals surface area contributed by atoms with Crippen molar-refractivity contribution in [3.63, 3.8) is 0 Å². The van der Waals surface area contributed by atoms with Gasteiger partial charge < -0.3 is 8.98 Å². The van der Waals surface area contributed by atoms with Gasteiger partial charge in [-0.05, 0) is 70.1 Å². The van der Waals surface area contributed by atoms with Gasteiger partial charge in [0.15, 0.2) is 17.5 Å². The van der Waals surface area contributed by atoms with E-state index in [9.17, 15) is 0 Å². The minimum Gasteiger partial charge on any atom is -0.456 e. The van der Waals surface area contributed by atoms with E-state index in [0.29, 0.717) is 17.5 Å². The van der Waals surface area contributed by atoms with Gasteiger partial charge in [0.2, 0.25) is 0 Å². The van der Waals surface area contributed by atoms with Gasteiger partial charge in [-0.15, -0.1) is 11.3 Å². The predicted molar refractivity (Wildman–Crippen MR) is 246 cm³/mol. The van der Waals surface area contributed by atoms with Crippen LogP contribution < -0.4 is 0 Å². The molecule has 0 radical (unpaired) electrons. The Labute approximate surface area is 341 Å². The standard InChI is InChI=1S/C53H30N4OS/c1-2-15-33-30-43-40(29-32(33)14-1)35-18-5-8-23-41(35)57(43)42-27-28-45-49(37-19-6-9-24-44(37)58-45)50(42)53-55-51(36-21-11-16-31-13-3-4-17-34(31)36)54-52(56-53)39-22-12-26-47-48(39)38-20-7-10-25-46(38)59-47/h1-30H. The molecule has 0 aliphatic heterocycles. The highest BCUT2D eigenvalue weighted by atomic mass is 32.1. The topological polar surface area (TPSA) is 56.7 Å². The van der Waals surface area contributed by atoms with Gasteiger partial charge in [0.25, 0.3) is 0 Å². The van der Waals surface area contributed by atoms with Gasteiger partial charge in [0.1, 0.15) is 11.2 Å². The average molecular weight is 771 g/mol. The highest BCUT2D eigenvalue weighted by molar-refractivity contribution is 7.25. The Kier molecular flexibility index (Phi) is 6.82. The van der Waals surface area contributed by atoms with E-state index in [1.807, 2.05) is 12.1 Å². The number of aromatic nitrogens is 4. The fourth-order valence-corrected chi connectivity index (χ4v) is 10.4. The number of fused-ring (bicyclic) bond motifs is 11. The minimum absolute atomic E-state index is 0.577. The molecular weight excluding hydrogens is 741 g/mol. The molecule has 9 aromatic carbocycles. The van der Waals surface area contributed by atoms with Crippen molar-refractivity contribution in [1.29, 1.82) is 0 Å². The second-order valence-corrected chi connectivity index (χ2v) is 16.2. The SMILES string of the molecule is c1ccc2cc3c(cc2c1)c1ccccc1n3-c1ccc2oc3ccccc3c2c1-c1nc(-c2cccc3ccccc23)nc(-c2cccc3sc4ccccc4c23)n1. The van der Waals surface area contributed by atoms with E-state index in [0.717, 1.165) is 71.5 Å². The van der Waals surface area contributed by atoms with E-state index in [1.165, 1.54) is 36.3 Å². The van der Waals surface area contributed by atoms with Crippen molar-refractivity contribution in [3.05, 3.63) is 182 Å². The average Bonchev–Trinajstić information content (AvgIpc) is 3.97. The maximum absolute atomic E-state index is 6.62. The van der Waals surface area contributed by atoms with Crippen LogP contribution in [0.3, 0.4) is 0 Å². The maximum atomic E-state index is 6.62. The van der Waals surface area contributed by atoms with Gasteiger partial charge in [-0.3, -0.25) is 0 Å². The fraction of sp³-hybridized carbons (Fsp3) is 0. The van der Waals surface area contributed by atoms with Crippen LogP contribution in [-0.2, 0) is 0 Å². The lowest BCUT2D eigenvalue weighted by molar-refractivity contribution is 0.669. The van der Waals surface area contributed by atoms with E-state index in [1.54, 1.807) is 11.3 Å². The highest BCUT2D eigenvalue weighted by Crippen LogP contribution is 2.45.